The van der Waals surface area contributed by atoms with Crippen LogP contribution in [0.5, 0.6) is 0 Å². The molecule has 1 aromatic carbocycles. The van der Waals surface area contributed by atoms with Gasteiger partial charge in [-0.05, 0) is 38.0 Å². The Kier molecular flexibility index (Phi) is 4.02. The predicted octanol–water partition coefficient (Wildman–Crippen LogP) is 4.63. The van der Waals surface area contributed by atoms with Gasteiger partial charge in [-0.3, -0.25) is 0 Å². The van der Waals surface area contributed by atoms with E-state index in [4.69, 9.17) is 16.3 Å². The third-order valence-electron chi connectivity index (χ3n) is 2.71. The Balaban J connectivity index is 2.49. The maximum atomic E-state index is 13.8. The number of allylic oxidation sites excluding steroid dienone is 3. The van der Waals surface area contributed by atoms with E-state index in [1.807, 2.05) is 13.0 Å². The highest BCUT2D eigenvalue weighted by Crippen LogP contribution is 2.37. The largest absolute Gasteiger partial charge is 0.494 e. The van der Waals surface area contributed by atoms with Crippen LogP contribution in [0.2, 0.25) is 0 Å². The summed E-state index contributed by atoms with van der Waals surface area (Å²) in [5, 5.41) is 0.548. The number of benzene rings is 1. The quantitative estimate of drug-likeness (QED) is 0.778. The molecule has 0 saturated carbocycles. The molecule has 0 amide bonds. The highest BCUT2D eigenvalue weighted by Gasteiger charge is 2.20. The number of hydrogen-bond donors (Lipinski definition) is 0. The molecule has 0 fully saturated rings. The van der Waals surface area contributed by atoms with Crippen LogP contribution in [-0.4, -0.2) is 6.61 Å². The van der Waals surface area contributed by atoms with Crippen LogP contribution < -0.4 is 0 Å². The van der Waals surface area contributed by atoms with Gasteiger partial charge >= 0.3 is 0 Å². The van der Waals surface area contributed by atoms with E-state index in [1.54, 1.807) is 0 Å². The van der Waals surface area contributed by atoms with Gasteiger partial charge in [-0.25, -0.2) is 8.78 Å². The van der Waals surface area contributed by atoms with Gasteiger partial charge in [-0.2, -0.15) is 0 Å². The van der Waals surface area contributed by atoms with Gasteiger partial charge < -0.3 is 4.74 Å². The first-order valence-electron chi connectivity index (χ1n) is 5.81. The Labute approximate surface area is 110 Å². The van der Waals surface area contributed by atoms with E-state index in [1.165, 1.54) is 12.1 Å². The van der Waals surface area contributed by atoms with Crippen LogP contribution in [0.4, 0.5) is 8.78 Å². The molecule has 1 nitrogen and oxygen atoms in total. The zero-order valence-corrected chi connectivity index (χ0v) is 10.7. The molecule has 0 unspecified atom stereocenters. The van der Waals surface area contributed by atoms with E-state index >= 15 is 0 Å². The molecular formula is C14H13ClF2O. The molecule has 18 heavy (non-hydrogen) atoms. The zero-order chi connectivity index (χ0) is 13.1. The fourth-order valence-corrected chi connectivity index (χ4v) is 2.25. The average Bonchev–Trinajstić information content (AvgIpc) is 2.31. The topological polar surface area (TPSA) is 9.23 Å². The van der Waals surface area contributed by atoms with Gasteiger partial charge in [0.05, 0.1) is 6.61 Å². The molecule has 0 bridgehead atoms. The highest BCUT2D eigenvalue weighted by atomic mass is 35.5. The monoisotopic (exact) mass is 270 g/mol. The van der Waals surface area contributed by atoms with E-state index in [-0.39, 0.29) is 5.56 Å². The molecule has 0 aliphatic heterocycles. The van der Waals surface area contributed by atoms with Crippen LogP contribution in [0.3, 0.4) is 0 Å². The summed E-state index contributed by atoms with van der Waals surface area (Å²) in [7, 11) is 0. The first kappa shape index (κ1) is 13.1. The summed E-state index contributed by atoms with van der Waals surface area (Å²) >= 11 is 6.16. The molecule has 1 aliphatic carbocycles. The van der Waals surface area contributed by atoms with Crippen LogP contribution in [0.15, 0.2) is 35.1 Å². The molecule has 0 saturated heterocycles. The van der Waals surface area contributed by atoms with Crippen molar-refractivity contribution in [3.05, 3.63) is 52.3 Å². The number of ether oxygens (including phenoxy) is 1. The van der Waals surface area contributed by atoms with E-state index in [0.717, 1.165) is 12.5 Å². The highest BCUT2D eigenvalue weighted by molar-refractivity contribution is 6.33. The lowest BCUT2D eigenvalue weighted by Crippen LogP contribution is -2.04. The van der Waals surface area contributed by atoms with Crippen LogP contribution in [0.1, 0.15) is 25.3 Å². The second kappa shape index (κ2) is 5.53. The lowest BCUT2D eigenvalue weighted by Gasteiger charge is -2.19. The lowest BCUT2D eigenvalue weighted by atomic mass is 9.97. The second-order valence-electron chi connectivity index (χ2n) is 3.94. The Morgan fingerprint density at radius 2 is 2.11 bits per heavy atom. The van der Waals surface area contributed by atoms with E-state index in [0.29, 0.717) is 29.4 Å². The summed E-state index contributed by atoms with van der Waals surface area (Å²) in [6, 6.07) is 3.46. The molecule has 96 valence electrons. The summed E-state index contributed by atoms with van der Waals surface area (Å²) in [5.74, 6) is -0.666. The van der Waals surface area contributed by atoms with Crippen molar-refractivity contribution in [2.45, 2.75) is 19.8 Å². The summed E-state index contributed by atoms with van der Waals surface area (Å²) in [4.78, 5) is 0. The SMILES string of the molecule is CCOC1=CCCC(Cl)=C1c1ccc(F)cc1F. The minimum Gasteiger partial charge on any atom is -0.494 e. The standard InChI is InChI=1S/C14H13ClF2O/c1-2-18-13-5-3-4-11(15)14(13)10-7-6-9(16)8-12(10)17/h5-8H,2-4H2,1H3. The van der Waals surface area contributed by atoms with Crippen molar-refractivity contribution in [3.8, 4) is 0 Å². The Morgan fingerprint density at radius 1 is 1.33 bits per heavy atom. The maximum Gasteiger partial charge on any atom is 0.134 e. The van der Waals surface area contributed by atoms with Crippen molar-refractivity contribution in [1.29, 1.82) is 0 Å². The normalized spacial score (nSPS) is 15.7. The lowest BCUT2D eigenvalue weighted by molar-refractivity contribution is 0.243. The van der Waals surface area contributed by atoms with Crippen LogP contribution >= 0.6 is 11.6 Å². The fraction of sp³-hybridized carbons (Fsp3) is 0.286. The Hall–Kier alpha value is -1.35. The molecule has 0 radical (unpaired) electrons. The van der Waals surface area contributed by atoms with Crippen molar-refractivity contribution >= 4 is 17.2 Å². The van der Waals surface area contributed by atoms with E-state index in [2.05, 4.69) is 0 Å². The van der Waals surface area contributed by atoms with Crippen molar-refractivity contribution in [2.24, 2.45) is 0 Å². The molecule has 0 atom stereocenters. The first-order valence-corrected chi connectivity index (χ1v) is 6.18. The molecule has 2 rings (SSSR count). The van der Waals surface area contributed by atoms with Gasteiger partial charge in [-0.15, -0.1) is 0 Å². The third kappa shape index (κ3) is 2.56. The van der Waals surface area contributed by atoms with Crippen LogP contribution in [-0.2, 0) is 4.74 Å². The van der Waals surface area contributed by atoms with Gasteiger partial charge in [0.2, 0.25) is 0 Å². The van der Waals surface area contributed by atoms with Gasteiger partial charge in [0.25, 0.3) is 0 Å². The maximum absolute atomic E-state index is 13.8. The van der Waals surface area contributed by atoms with Crippen LogP contribution in [0.25, 0.3) is 5.57 Å². The fourth-order valence-electron chi connectivity index (χ4n) is 1.95. The number of hydrogen-bond acceptors (Lipinski definition) is 1. The first-order chi connectivity index (χ1) is 8.63. The molecule has 4 heteroatoms. The molecule has 0 N–H and O–H groups in total. The average molecular weight is 271 g/mol. The third-order valence-corrected chi connectivity index (χ3v) is 3.09. The van der Waals surface area contributed by atoms with E-state index in [9.17, 15) is 8.78 Å². The summed E-state index contributed by atoms with van der Waals surface area (Å²) in [5.41, 5.74) is 0.808. The van der Waals surface area contributed by atoms with Crippen molar-refractivity contribution in [3.63, 3.8) is 0 Å². The van der Waals surface area contributed by atoms with E-state index < -0.39 is 11.6 Å². The molecule has 1 aromatic rings. The van der Waals surface area contributed by atoms with Gasteiger partial charge in [0, 0.05) is 22.2 Å². The van der Waals surface area contributed by atoms with Gasteiger partial charge in [0.15, 0.2) is 0 Å². The number of halogens is 3. The molecule has 0 spiro atoms. The van der Waals surface area contributed by atoms with Crippen molar-refractivity contribution < 1.29 is 13.5 Å². The Bertz CT molecular complexity index is 521. The second-order valence-corrected chi connectivity index (χ2v) is 4.40. The van der Waals surface area contributed by atoms with Gasteiger partial charge in [-0.1, -0.05) is 11.6 Å². The minimum absolute atomic E-state index is 0.279. The van der Waals surface area contributed by atoms with Gasteiger partial charge in [0.1, 0.15) is 17.4 Å². The summed E-state index contributed by atoms with van der Waals surface area (Å²) in [6.45, 7) is 2.32. The predicted molar refractivity (Wildman–Crippen MR) is 68.1 cm³/mol. The summed E-state index contributed by atoms with van der Waals surface area (Å²) < 4.78 is 32.2. The Morgan fingerprint density at radius 3 is 2.78 bits per heavy atom. The molecule has 0 aromatic heterocycles. The molecule has 1 aliphatic rings. The summed E-state index contributed by atoms with van der Waals surface area (Å²) in [6.07, 6.45) is 3.29. The minimum atomic E-state index is -0.629. The smallest absolute Gasteiger partial charge is 0.134 e. The van der Waals surface area contributed by atoms with Crippen molar-refractivity contribution in [1.82, 2.24) is 0 Å². The van der Waals surface area contributed by atoms with Crippen LogP contribution in [0, 0.1) is 11.6 Å². The molecule has 0 heterocycles. The van der Waals surface area contributed by atoms with Crippen molar-refractivity contribution in [2.75, 3.05) is 6.61 Å². The number of rotatable bonds is 3. The molecular weight excluding hydrogens is 258 g/mol. The zero-order valence-electron chi connectivity index (χ0n) is 9.97.